The maximum Gasteiger partial charge on any atom is 0.258 e. The van der Waals surface area contributed by atoms with E-state index >= 15 is 0 Å². The molecule has 6 nitrogen and oxygen atoms in total. The van der Waals surface area contributed by atoms with Gasteiger partial charge in [0, 0.05) is 18.7 Å². The number of hydrogen-bond acceptors (Lipinski definition) is 4. The third-order valence-corrected chi connectivity index (χ3v) is 4.08. The Morgan fingerprint density at radius 2 is 2.15 bits per heavy atom. The molecule has 0 radical (unpaired) electrons. The van der Waals surface area contributed by atoms with Crippen LogP contribution in [0.5, 0.6) is 0 Å². The van der Waals surface area contributed by atoms with Gasteiger partial charge in [0.15, 0.2) is 5.03 Å². The van der Waals surface area contributed by atoms with Gasteiger partial charge in [0.05, 0.1) is 6.20 Å². The van der Waals surface area contributed by atoms with E-state index in [0.717, 1.165) is 0 Å². The summed E-state index contributed by atoms with van der Waals surface area (Å²) < 4.78 is 39.7. The zero-order chi connectivity index (χ0) is 14.6. The van der Waals surface area contributed by atoms with Crippen LogP contribution in [0.1, 0.15) is 11.1 Å². The molecule has 0 aliphatic heterocycles. The minimum atomic E-state index is -3.71. The predicted molar refractivity (Wildman–Crippen MR) is 71.8 cm³/mol. The van der Waals surface area contributed by atoms with Crippen molar-refractivity contribution < 1.29 is 12.8 Å². The molecular weight excluding hydrogens is 283 g/mol. The average molecular weight is 298 g/mol. The Labute approximate surface area is 116 Å². The lowest BCUT2D eigenvalue weighted by Gasteiger charge is -2.07. The predicted octanol–water partition coefficient (Wildman–Crippen LogP) is 0.747. The van der Waals surface area contributed by atoms with Gasteiger partial charge in [-0.25, -0.2) is 17.5 Å². The summed E-state index contributed by atoms with van der Waals surface area (Å²) in [6.07, 6.45) is 1.45. The number of rotatable bonds is 6. The molecule has 20 heavy (non-hydrogen) atoms. The molecule has 0 saturated carbocycles. The van der Waals surface area contributed by atoms with E-state index in [1.807, 2.05) is 0 Å². The maximum atomic E-state index is 13.0. The minimum Gasteiger partial charge on any atom is -0.316 e. The first-order chi connectivity index (χ1) is 9.53. The van der Waals surface area contributed by atoms with E-state index in [4.69, 9.17) is 0 Å². The number of benzene rings is 1. The monoisotopic (exact) mass is 298 g/mol. The van der Waals surface area contributed by atoms with Crippen molar-refractivity contribution >= 4 is 10.0 Å². The number of aromatic nitrogens is 2. The maximum absolute atomic E-state index is 13.0. The number of aromatic amines is 1. The summed E-state index contributed by atoms with van der Waals surface area (Å²) in [5.74, 6) is -0.404. The lowest BCUT2D eigenvalue weighted by Crippen LogP contribution is -2.25. The minimum absolute atomic E-state index is 0.0120. The first kappa shape index (κ1) is 14.6. The number of sulfonamides is 1. The Hall–Kier alpha value is -1.77. The topological polar surface area (TPSA) is 86.9 Å². The third kappa shape index (κ3) is 3.41. The van der Waals surface area contributed by atoms with Crippen LogP contribution in [-0.2, 0) is 23.1 Å². The van der Waals surface area contributed by atoms with E-state index in [9.17, 15) is 12.8 Å². The van der Waals surface area contributed by atoms with Crippen molar-refractivity contribution in [3.8, 4) is 0 Å². The van der Waals surface area contributed by atoms with Crippen LogP contribution in [0, 0.1) is 5.82 Å². The molecule has 0 saturated heterocycles. The number of nitrogens with zero attached hydrogens (tertiary/aromatic N) is 1. The highest BCUT2D eigenvalue weighted by atomic mass is 32.2. The average Bonchev–Trinajstić information content (AvgIpc) is 2.86. The SMILES string of the molecule is CNCc1cn[nH]c1S(=O)(=O)NCc1cccc(F)c1. The largest absolute Gasteiger partial charge is 0.316 e. The molecule has 2 aromatic rings. The van der Waals surface area contributed by atoms with Gasteiger partial charge in [-0.05, 0) is 24.7 Å². The fourth-order valence-electron chi connectivity index (χ4n) is 1.75. The zero-order valence-electron chi connectivity index (χ0n) is 10.9. The Morgan fingerprint density at radius 3 is 2.85 bits per heavy atom. The molecule has 2 rings (SSSR count). The molecule has 0 bridgehead atoms. The Morgan fingerprint density at radius 1 is 1.35 bits per heavy atom. The van der Waals surface area contributed by atoms with Crippen molar-refractivity contribution in [3.63, 3.8) is 0 Å². The summed E-state index contributed by atoms with van der Waals surface area (Å²) in [7, 11) is -2.00. The molecule has 1 heterocycles. The Kier molecular flexibility index (Phi) is 4.48. The van der Waals surface area contributed by atoms with E-state index in [1.165, 1.54) is 24.4 Å². The molecule has 0 aliphatic rings. The molecule has 1 aromatic heterocycles. The normalized spacial score (nSPS) is 11.7. The zero-order valence-corrected chi connectivity index (χ0v) is 11.7. The molecule has 0 fully saturated rings. The van der Waals surface area contributed by atoms with Gasteiger partial charge in [0.25, 0.3) is 10.0 Å². The van der Waals surface area contributed by atoms with E-state index in [2.05, 4.69) is 20.2 Å². The lowest BCUT2D eigenvalue weighted by atomic mass is 10.2. The van der Waals surface area contributed by atoms with Crippen LogP contribution in [0.25, 0.3) is 0 Å². The van der Waals surface area contributed by atoms with Crippen molar-refractivity contribution in [2.24, 2.45) is 0 Å². The molecule has 0 atom stereocenters. The van der Waals surface area contributed by atoms with Crippen LogP contribution in [0.15, 0.2) is 35.5 Å². The fourth-order valence-corrected chi connectivity index (χ4v) is 2.89. The van der Waals surface area contributed by atoms with E-state index in [0.29, 0.717) is 17.7 Å². The van der Waals surface area contributed by atoms with Gasteiger partial charge < -0.3 is 5.32 Å². The summed E-state index contributed by atoms with van der Waals surface area (Å²) in [6.45, 7) is 0.394. The van der Waals surface area contributed by atoms with Crippen LogP contribution in [0.2, 0.25) is 0 Å². The highest BCUT2D eigenvalue weighted by Crippen LogP contribution is 2.12. The quantitative estimate of drug-likeness (QED) is 0.734. The van der Waals surface area contributed by atoms with Crippen molar-refractivity contribution in [1.29, 1.82) is 0 Å². The van der Waals surface area contributed by atoms with Crippen molar-refractivity contribution in [1.82, 2.24) is 20.2 Å². The highest BCUT2D eigenvalue weighted by Gasteiger charge is 2.20. The lowest BCUT2D eigenvalue weighted by molar-refractivity contribution is 0.574. The Bertz CT molecular complexity index is 684. The number of hydrogen-bond donors (Lipinski definition) is 3. The van der Waals surface area contributed by atoms with Crippen LogP contribution in [0.4, 0.5) is 4.39 Å². The summed E-state index contributed by atoms with van der Waals surface area (Å²) in [5.41, 5.74) is 1.09. The van der Waals surface area contributed by atoms with Crippen LogP contribution >= 0.6 is 0 Å². The van der Waals surface area contributed by atoms with Gasteiger partial charge in [-0.15, -0.1) is 0 Å². The van der Waals surface area contributed by atoms with Gasteiger partial charge in [-0.2, -0.15) is 5.10 Å². The number of nitrogens with one attached hydrogen (secondary N) is 3. The van der Waals surface area contributed by atoms with Crippen molar-refractivity contribution in [2.75, 3.05) is 7.05 Å². The molecule has 108 valence electrons. The second kappa shape index (κ2) is 6.12. The van der Waals surface area contributed by atoms with Crippen LogP contribution in [-0.4, -0.2) is 25.7 Å². The van der Waals surface area contributed by atoms with Gasteiger partial charge in [-0.3, -0.25) is 5.10 Å². The first-order valence-electron chi connectivity index (χ1n) is 5.94. The summed E-state index contributed by atoms with van der Waals surface area (Å²) in [5, 5.41) is 9.07. The smallest absolute Gasteiger partial charge is 0.258 e. The van der Waals surface area contributed by atoms with Gasteiger partial charge >= 0.3 is 0 Å². The summed E-state index contributed by atoms with van der Waals surface area (Å²) >= 11 is 0. The summed E-state index contributed by atoms with van der Waals surface area (Å²) in [6, 6.07) is 5.76. The molecule has 0 amide bonds. The van der Waals surface area contributed by atoms with Crippen LogP contribution < -0.4 is 10.0 Å². The summed E-state index contributed by atoms with van der Waals surface area (Å²) in [4.78, 5) is 0. The van der Waals surface area contributed by atoms with Gasteiger partial charge in [0.2, 0.25) is 0 Å². The molecule has 8 heteroatoms. The second-order valence-electron chi connectivity index (χ2n) is 4.21. The highest BCUT2D eigenvalue weighted by molar-refractivity contribution is 7.89. The standard InChI is InChI=1S/C12H15FN4O2S/c1-14-7-10-8-15-17-12(10)20(18,19)16-6-9-3-2-4-11(13)5-9/h2-5,8,14,16H,6-7H2,1H3,(H,15,17). The van der Waals surface area contributed by atoms with Crippen LogP contribution in [0.3, 0.4) is 0 Å². The molecule has 0 spiro atoms. The second-order valence-corrected chi connectivity index (χ2v) is 5.91. The van der Waals surface area contributed by atoms with E-state index in [1.54, 1.807) is 13.1 Å². The molecular formula is C12H15FN4O2S. The molecule has 0 unspecified atom stereocenters. The molecule has 0 aliphatic carbocycles. The number of halogens is 1. The van der Waals surface area contributed by atoms with Gasteiger partial charge in [0.1, 0.15) is 5.82 Å². The Balaban J connectivity index is 2.13. The third-order valence-electron chi connectivity index (χ3n) is 2.67. The number of H-pyrrole nitrogens is 1. The first-order valence-corrected chi connectivity index (χ1v) is 7.42. The van der Waals surface area contributed by atoms with E-state index in [-0.39, 0.29) is 11.6 Å². The fraction of sp³-hybridized carbons (Fsp3) is 0.250. The van der Waals surface area contributed by atoms with Crippen molar-refractivity contribution in [2.45, 2.75) is 18.1 Å². The van der Waals surface area contributed by atoms with E-state index < -0.39 is 15.8 Å². The molecule has 3 N–H and O–H groups in total. The molecule has 1 aromatic carbocycles. The van der Waals surface area contributed by atoms with Gasteiger partial charge in [-0.1, -0.05) is 12.1 Å². The van der Waals surface area contributed by atoms with Crippen molar-refractivity contribution in [3.05, 3.63) is 47.4 Å².